The highest BCUT2D eigenvalue weighted by Crippen LogP contribution is 2.41. The third-order valence-electron chi connectivity index (χ3n) is 4.70. The van der Waals surface area contributed by atoms with Crippen LogP contribution in [0.2, 0.25) is 5.02 Å². The molecule has 6 N–H and O–H groups in total. The predicted molar refractivity (Wildman–Crippen MR) is 107 cm³/mol. The summed E-state index contributed by atoms with van der Waals surface area (Å²) in [5.74, 6) is -0.168. The fourth-order valence-corrected chi connectivity index (χ4v) is 3.74. The Morgan fingerprint density at radius 3 is 2.70 bits per heavy atom. The minimum atomic E-state index is -0.385. The molecule has 1 amide bonds. The molecule has 0 saturated heterocycles. The average molecular weight is 380 g/mol. The van der Waals surface area contributed by atoms with Gasteiger partial charge in [0.2, 0.25) is 11.9 Å². The summed E-state index contributed by atoms with van der Waals surface area (Å²) < 4.78 is 0. The van der Waals surface area contributed by atoms with E-state index in [1.54, 1.807) is 0 Å². The molecule has 1 aliphatic rings. The number of rotatable bonds is 3. The van der Waals surface area contributed by atoms with Crippen LogP contribution in [0.3, 0.4) is 0 Å². The van der Waals surface area contributed by atoms with Crippen LogP contribution in [0.15, 0.2) is 36.4 Å². The minimum absolute atomic E-state index is 0.162. The SMILES string of the molecule is NC(=O)Cc1cccc(-c2nc(N)nc3c2-c2cc(N)c(Cl)cc2CC3)c1. The van der Waals surface area contributed by atoms with Crippen molar-refractivity contribution in [2.24, 2.45) is 5.73 Å². The van der Waals surface area contributed by atoms with Gasteiger partial charge in [-0.3, -0.25) is 4.79 Å². The smallest absolute Gasteiger partial charge is 0.221 e. The van der Waals surface area contributed by atoms with Gasteiger partial charge in [-0.2, -0.15) is 0 Å². The highest BCUT2D eigenvalue weighted by molar-refractivity contribution is 6.33. The van der Waals surface area contributed by atoms with Crippen LogP contribution in [-0.4, -0.2) is 15.9 Å². The van der Waals surface area contributed by atoms with Gasteiger partial charge < -0.3 is 17.2 Å². The molecule has 0 unspecified atom stereocenters. The van der Waals surface area contributed by atoms with E-state index in [4.69, 9.17) is 28.8 Å². The molecule has 0 atom stereocenters. The Kier molecular flexibility index (Phi) is 4.20. The molecule has 0 saturated carbocycles. The molecule has 1 aliphatic carbocycles. The molecule has 0 fully saturated rings. The van der Waals surface area contributed by atoms with Crippen molar-refractivity contribution in [3.63, 3.8) is 0 Å². The number of primary amides is 1. The van der Waals surface area contributed by atoms with E-state index in [1.807, 2.05) is 36.4 Å². The number of hydrogen-bond acceptors (Lipinski definition) is 5. The molecule has 27 heavy (non-hydrogen) atoms. The van der Waals surface area contributed by atoms with Crippen LogP contribution >= 0.6 is 11.6 Å². The van der Waals surface area contributed by atoms with Gasteiger partial charge in [-0.05, 0) is 47.7 Å². The number of anilines is 2. The summed E-state index contributed by atoms with van der Waals surface area (Å²) in [6.07, 6.45) is 1.71. The molecular formula is C20H18ClN5O. The molecule has 0 spiro atoms. The number of fused-ring (bicyclic) bond motifs is 3. The maximum Gasteiger partial charge on any atom is 0.221 e. The van der Waals surface area contributed by atoms with E-state index in [0.29, 0.717) is 16.4 Å². The number of aromatic nitrogens is 2. The Bertz CT molecular complexity index is 1080. The minimum Gasteiger partial charge on any atom is -0.398 e. The topological polar surface area (TPSA) is 121 Å². The lowest BCUT2D eigenvalue weighted by Gasteiger charge is -2.23. The van der Waals surface area contributed by atoms with Gasteiger partial charge in [0, 0.05) is 11.1 Å². The van der Waals surface area contributed by atoms with E-state index in [1.165, 1.54) is 0 Å². The van der Waals surface area contributed by atoms with Gasteiger partial charge in [0.05, 0.1) is 28.5 Å². The van der Waals surface area contributed by atoms with Crippen LogP contribution in [-0.2, 0) is 24.1 Å². The van der Waals surface area contributed by atoms with E-state index in [-0.39, 0.29) is 18.3 Å². The first-order valence-electron chi connectivity index (χ1n) is 8.54. The molecule has 136 valence electrons. The molecule has 3 aromatic rings. The Labute approximate surface area is 161 Å². The van der Waals surface area contributed by atoms with Gasteiger partial charge >= 0.3 is 0 Å². The van der Waals surface area contributed by atoms with Crippen molar-refractivity contribution < 1.29 is 4.79 Å². The first-order chi connectivity index (χ1) is 12.9. The van der Waals surface area contributed by atoms with E-state index >= 15 is 0 Å². The van der Waals surface area contributed by atoms with Gasteiger partial charge in [-0.15, -0.1) is 0 Å². The fraction of sp³-hybridized carbons (Fsp3) is 0.150. The van der Waals surface area contributed by atoms with Crippen molar-refractivity contribution in [2.75, 3.05) is 11.5 Å². The maximum atomic E-state index is 11.3. The molecule has 4 rings (SSSR count). The molecule has 1 aromatic heterocycles. The highest BCUT2D eigenvalue weighted by atomic mass is 35.5. The normalized spacial score (nSPS) is 12.3. The second kappa shape index (κ2) is 6.55. The Morgan fingerprint density at radius 1 is 1.11 bits per heavy atom. The summed E-state index contributed by atoms with van der Waals surface area (Å²) in [6, 6.07) is 11.3. The number of benzene rings is 2. The van der Waals surface area contributed by atoms with E-state index in [2.05, 4.69) is 9.97 Å². The van der Waals surface area contributed by atoms with Crippen molar-refractivity contribution in [1.82, 2.24) is 9.97 Å². The number of nitrogen functional groups attached to an aromatic ring is 2. The van der Waals surface area contributed by atoms with Crippen LogP contribution in [0.25, 0.3) is 22.4 Å². The molecular weight excluding hydrogens is 362 g/mol. The number of nitrogens with two attached hydrogens (primary N) is 3. The standard InChI is InChI=1S/C20H18ClN5O/c21-14-8-11-4-5-16-18(13(11)9-15(14)22)19(26-20(24)25-16)12-3-1-2-10(6-12)7-17(23)27/h1-3,6,8-9H,4-5,7,22H2,(H2,23,27)(H2,24,25,26). The summed E-state index contributed by atoms with van der Waals surface area (Å²) in [6.45, 7) is 0. The molecule has 6 nitrogen and oxygen atoms in total. The third kappa shape index (κ3) is 3.19. The Balaban J connectivity index is 1.95. The number of amides is 1. The lowest BCUT2D eigenvalue weighted by Crippen LogP contribution is -2.14. The lowest BCUT2D eigenvalue weighted by molar-refractivity contribution is -0.117. The van der Waals surface area contributed by atoms with Gasteiger partial charge in [0.15, 0.2) is 0 Å². The second-order valence-corrected chi connectivity index (χ2v) is 7.03. The molecule has 2 aromatic carbocycles. The van der Waals surface area contributed by atoms with Gasteiger partial charge in [-0.25, -0.2) is 9.97 Å². The molecule has 0 bridgehead atoms. The largest absolute Gasteiger partial charge is 0.398 e. The summed E-state index contributed by atoms with van der Waals surface area (Å²) in [5.41, 5.74) is 24.1. The molecule has 7 heteroatoms. The zero-order valence-corrected chi connectivity index (χ0v) is 15.3. The summed E-state index contributed by atoms with van der Waals surface area (Å²) in [7, 11) is 0. The van der Waals surface area contributed by atoms with Crippen LogP contribution in [0.1, 0.15) is 16.8 Å². The Morgan fingerprint density at radius 2 is 1.93 bits per heavy atom. The Hall–Kier alpha value is -3.12. The van der Waals surface area contributed by atoms with Crippen molar-refractivity contribution >= 4 is 29.1 Å². The van der Waals surface area contributed by atoms with Crippen LogP contribution in [0.4, 0.5) is 11.6 Å². The van der Waals surface area contributed by atoms with Crippen LogP contribution in [0, 0.1) is 0 Å². The van der Waals surface area contributed by atoms with Crippen molar-refractivity contribution in [2.45, 2.75) is 19.3 Å². The number of nitrogens with zero attached hydrogens (tertiary/aromatic N) is 2. The quantitative estimate of drug-likeness (QED) is 0.604. The van der Waals surface area contributed by atoms with Gasteiger partial charge in [0.25, 0.3) is 0 Å². The molecule has 0 radical (unpaired) electrons. The zero-order chi connectivity index (χ0) is 19.1. The van der Waals surface area contributed by atoms with Gasteiger partial charge in [-0.1, -0.05) is 29.8 Å². The van der Waals surface area contributed by atoms with E-state index in [9.17, 15) is 4.79 Å². The zero-order valence-electron chi connectivity index (χ0n) is 14.5. The van der Waals surface area contributed by atoms with E-state index < -0.39 is 0 Å². The van der Waals surface area contributed by atoms with Crippen LogP contribution < -0.4 is 17.2 Å². The van der Waals surface area contributed by atoms with Crippen LogP contribution in [0.5, 0.6) is 0 Å². The number of hydrogen-bond donors (Lipinski definition) is 3. The fourth-order valence-electron chi connectivity index (χ4n) is 3.55. The summed E-state index contributed by atoms with van der Waals surface area (Å²) >= 11 is 6.20. The second-order valence-electron chi connectivity index (χ2n) is 6.63. The average Bonchev–Trinajstić information content (AvgIpc) is 2.61. The third-order valence-corrected chi connectivity index (χ3v) is 5.03. The first-order valence-corrected chi connectivity index (χ1v) is 8.92. The highest BCUT2D eigenvalue weighted by Gasteiger charge is 2.24. The summed E-state index contributed by atoms with van der Waals surface area (Å²) in [5, 5.41) is 0.540. The predicted octanol–water partition coefficient (Wildman–Crippen LogP) is 2.75. The molecule has 1 heterocycles. The number of carbonyl (C=O) groups is 1. The van der Waals surface area contributed by atoms with Crippen molar-refractivity contribution in [3.8, 4) is 22.4 Å². The first kappa shape index (κ1) is 17.3. The number of halogens is 1. The van der Waals surface area contributed by atoms with Gasteiger partial charge in [0.1, 0.15) is 0 Å². The lowest BCUT2D eigenvalue weighted by atomic mass is 9.85. The van der Waals surface area contributed by atoms with Crippen molar-refractivity contribution in [3.05, 3.63) is 58.2 Å². The number of aryl methyl sites for hydroxylation is 2. The summed E-state index contributed by atoms with van der Waals surface area (Å²) in [4.78, 5) is 20.2. The molecule has 0 aliphatic heterocycles. The van der Waals surface area contributed by atoms with Crippen molar-refractivity contribution in [1.29, 1.82) is 0 Å². The van der Waals surface area contributed by atoms with E-state index in [0.717, 1.165) is 46.4 Å². The maximum absolute atomic E-state index is 11.3. The monoisotopic (exact) mass is 379 g/mol. The number of carbonyl (C=O) groups excluding carboxylic acids is 1.